The molecule has 4 heterocycles. The topological polar surface area (TPSA) is 59.2 Å². The van der Waals surface area contributed by atoms with Crippen LogP contribution < -0.4 is 0 Å². The van der Waals surface area contributed by atoms with E-state index in [0.717, 1.165) is 83.7 Å². The van der Waals surface area contributed by atoms with Crippen LogP contribution in [-0.4, -0.2) is 15.1 Å². The minimum Gasteiger partial charge on any atom is -0.507 e. The van der Waals surface area contributed by atoms with Gasteiger partial charge in [-0.25, -0.2) is 4.98 Å². The Balaban J connectivity index is 1.10. The van der Waals surface area contributed by atoms with Gasteiger partial charge in [0.15, 0.2) is 0 Å². The Morgan fingerprint density at radius 2 is 1.15 bits per heavy atom. The largest absolute Gasteiger partial charge is 0.507 e. The number of para-hydroxylation sites is 2. The third-order valence-corrected chi connectivity index (χ3v) is 11.6. The van der Waals surface area contributed by atoms with Crippen molar-refractivity contribution in [2.75, 3.05) is 0 Å². The molecule has 0 bridgehead atoms. The number of aromatic nitrogens is 2. The number of nitrogens with zero attached hydrogens (tertiary/aromatic N) is 2. The van der Waals surface area contributed by atoms with Crippen molar-refractivity contribution in [1.82, 2.24) is 9.97 Å². The molecule has 0 saturated heterocycles. The first-order chi connectivity index (χ1) is 27.0. The zero-order chi connectivity index (χ0) is 37.0. The molecule has 0 atom stereocenters. The van der Waals surface area contributed by atoms with E-state index in [1.807, 2.05) is 66.8 Å². The quantitative estimate of drug-likeness (QED) is 0.185. The zero-order valence-corrected chi connectivity index (χ0v) is 31.1. The van der Waals surface area contributed by atoms with Crippen molar-refractivity contribution < 1.29 is 9.52 Å². The fraction of sp³-hybridized carbons (Fsp3) is 0.0400. The minimum atomic E-state index is 0.245. The van der Waals surface area contributed by atoms with E-state index >= 15 is 0 Å². The lowest BCUT2D eigenvalue weighted by Crippen LogP contribution is -1.94. The Bertz CT molecular complexity index is 3090. The lowest BCUT2D eigenvalue weighted by atomic mass is 9.96. The average molecular weight is 727 g/mol. The van der Waals surface area contributed by atoms with Crippen molar-refractivity contribution in [2.24, 2.45) is 0 Å². The fourth-order valence-electron chi connectivity index (χ4n) is 7.68. The Morgan fingerprint density at radius 3 is 2.00 bits per heavy atom. The van der Waals surface area contributed by atoms with Crippen molar-refractivity contribution >= 4 is 43.4 Å². The molecule has 0 unspecified atom stereocenters. The predicted molar refractivity (Wildman–Crippen MR) is 228 cm³/mol. The van der Waals surface area contributed by atoms with Crippen LogP contribution in [0.5, 0.6) is 5.75 Å². The van der Waals surface area contributed by atoms with Gasteiger partial charge in [0.2, 0.25) is 0 Å². The molecule has 5 heteroatoms. The van der Waals surface area contributed by atoms with Gasteiger partial charge in [0, 0.05) is 53.7 Å². The normalized spacial score (nSPS) is 11.5. The monoisotopic (exact) mass is 726 g/mol. The number of rotatable bonds is 6. The SMILES string of the molecule is Cc1cc(-c2sc3ccccc3c2-c2ccc3c(c2)oc2ccccc23)cc(-c2cccc(-c3cc(-c4ccccc4)cc(-c4cccc(C)c4O)n3)c2)n1. The molecule has 0 fully saturated rings. The first-order valence-corrected chi connectivity index (χ1v) is 19.2. The van der Waals surface area contributed by atoms with Crippen molar-refractivity contribution in [2.45, 2.75) is 13.8 Å². The number of hydrogen-bond donors (Lipinski definition) is 1. The van der Waals surface area contributed by atoms with Crippen LogP contribution in [-0.2, 0) is 0 Å². The van der Waals surface area contributed by atoms with E-state index in [4.69, 9.17) is 14.4 Å². The van der Waals surface area contributed by atoms with Gasteiger partial charge in [0.1, 0.15) is 16.9 Å². The molecule has 10 aromatic rings. The zero-order valence-electron chi connectivity index (χ0n) is 30.2. The van der Waals surface area contributed by atoms with Crippen molar-refractivity contribution in [1.29, 1.82) is 0 Å². The molecule has 10 rings (SSSR count). The summed E-state index contributed by atoms with van der Waals surface area (Å²) in [5, 5.41) is 14.5. The van der Waals surface area contributed by atoms with E-state index in [9.17, 15) is 5.11 Å². The average Bonchev–Trinajstić information content (AvgIpc) is 3.80. The van der Waals surface area contributed by atoms with Crippen molar-refractivity contribution in [3.63, 3.8) is 0 Å². The summed E-state index contributed by atoms with van der Waals surface area (Å²) in [4.78, 5) is 11.4. The van der Waals surface area contributed by atoms with Gasteiger partial charge in [-0.1, -0.05) is 103 Å². The van der Waals surface area contributed by atoms with Gasteiger partial charge in [-0.3, -0.25) is 4.98 Å². The smallest absolute Gasteiger partial charge is 0.136 e. The first-order valence-electron chi connectivity index (χ1n) is 18.4. The Kier molecular flexibility index (Phi) is 7.90. The number of furan rings is 1. The molecule has 0 aliphatic rings. The molecule has 262 valence electrons. The standard InChI is InChI=1S/C50H34N2O2S/c1-30-12-10-19-40(49(30)53)44-27-36(32-13-4-3-5-14-32)26-43(52-44)34-16-11-15-33(25-34)42-28-37(24-31(2)51-42)50-48(41-18-7-9-21-47(41)55-50)35-22-23-39-38-17-6-8-20-45(38)54-46(39)29-35/h3-29,53H,1-2H3. The summed E-state index contributed by atoms with van der Waals surface area (Å²) in [6.45, 7) is 3.98. The van der Waals surface area contributed by atoms with E-state index in [0.29, 0.717) is 5.56 Å². The molecule has 0 radical (unpaired) electrons. The van der Waals surface area contributed by atoms with Gasteiger partial charge < -0.3 is 9.52 Å². The summed E-state index contributed by atoms with van der Waals surface area (Å²) in [5.74, 6) is 0.245. The van der Waals surface area contributed by atoms with Crippen LogP contribution in [0.1, 0.15) is 11.3 Å². The molecule has 0 saturated carbocycles. The van der Waals surface area contributed by atoms with Gasteiger partial charge in [-0.15, -0.1) is 11.3 Å². The minimum absolute atomic E-state index is 0.245. The fourth-order valence-corrected chi connectivity index (χ4v) is 8.89. The Labute approximate surface area is 322 Å². The van der Waals surface area contributed by atoms with E-state index in [1.54, 1.807) is 0 Å². The lowest BCUT2D eigenvalue weighted by Gasteiger charge is -2.13. The number of benzene rings is 6. The number of aromatic hydroxyl groups is 1. The number of phenols is 1. The highest BCUT2D eigenvalue weighted by Gasteiger charge is 2.19. The molecule has 55 heavy (non-hydrogen) atoms. The van der Waals surface area contributed by atoms with Gasteiger partial charge in [-0.2, -0.15) is 0 Å². The maximum Gasteiger partial charge on any atom is 0.136 e. The van der Waals surface area contributed by atoms with Gasteiger partial charge in [0.25, 0.3) is 0 Å². The summed E-state index contributed by atoms with van der Waals surface area (Å²) in [5.41, 5.74) is 14.2. The molecule has 4 aromatic heterocycles. The Hall–Kier alpha value is -6.82. The highest BCUT2D eigenvalue weighted by atomic mass is 32.1. The molecular weight excluding hydrogens is 693 g/mol. The highest BCUT2D eigenvalue weighted by Crippen LogP contribution is 2.47. The molecule has 0 amide bonds. The van der Waals surface area contributed by atoms with E-state index in [2.05, 4.69) is 122 Å². The van der Waals surface area contributed by atoms with Crippen LogP contribution in [0.4, 0.5) is 0 Å². The third kappa shape index (κ3) is 5.86. The maximum atomic E-state index is 11.1. The van der Waals surface area contributed by atoms with Crippen molar-refractivity contribution in [3.8, 4) is 72.2 Å². The molecule has 1 N–H and O–H groups in total. The molecule has 0 aliphatic carbocycles. The second-order valence-electron chi connectivity index (χ2n) is 14.0. The lowest BCUT2D eigenvalue weighted by molar-refractivity contribution is 0.473. The summed E-state index contributed by atoms with van der Waals surface area (Å²) < 4.78 is 7.58. The number of aryl methyl sites for hydroxylation is 2. The predicted octanol–water partition coefficient (Wildman–Crippen LogP) is 13.9. The second-order valence-corrected chi connectivity index (χ2v) is 15.1. The van der Waals surface area contributed by atoms with Crippen molar-refractivity contribution in [3.05, 3.63) is 175 Å². The van der Waals surface area contributed by atoms with E-state index < -0.39 is 0 Å². The van der Waals surface area contributed by atoms with Crippen LogP contribution >= 0.6 is 11.3 Å². The molecule has 0 aliphatic heterocycles. The molecule has 4 nitrogen and oxygen atoms in total. The highest BCUT2D eigenvalue weighted by molar-refractivity contribution is 7.23. The Morgan fingerprint density at radius 1 is 0.473 bits per heavy atom. The summed E-state index contributed by atoms with van der Waals surface area (Å²) >= 11 is 1.81. The van der Waals surface area contributed by atoms with E-state index in [1.165, 1.54) is 20.5 Å². The second kappa shape index (κ2) is 13.2. The third-order valence-electron chi connectivity index (χ3n) is 10.4. The van der Waals surface area contributed by atoms with Crippen LogP contribution in [0.25, 0.3) is 98.5 Å². The maximum absolute atomic E-state index is 11.1. The van der Waals surface area contributed by atoms with Crippen LogP contribution in [0, 0.1) is 13.8 Å². The van der Waals surface area contributed by atoms with Gasteiger partial charge in [0.05, 0.1) is 17.1 Å². The van der Waals surface area contributed by atoms with Crippen LogP contribution in [0.15, 0.2) is 168 Å². The summed E-state index contributed by atoms with van der Waals surface area (Å²) in [6.07, 6.45) is 0. The van der Waals surface area contributed by atoms with Gasteiger partial charge in [-0.05, 0) is 102 Å². The number of phenolic OH excluding ortho intramolecular Hbond substituents is 1. The molecule has 0 spiro atoms. The van der Waals surface area contributed by atoms with Gasteiger partial charge >= 0.3 is 0 Å². The summed E-state index contributed by atoms with van der Waals surface area (Å²) in [6, 6.07) is 56.6. The van der Waals surface area contributed by atoms with Crippen LogP contribution in [0.3, 0.4) is 0 Å². The van der Waals surface area contributed by atoms with E-state index in [-0.39, 0.29) is 5.75 Å². The number of hydrogen-bond acceptors (Lipinski definition) is 5. The first kappa shape index (κ1) is 32.8. The summed E-state index contributed by atoms with van der Waals surface area (Å²) in [7, 11) is 0. The molecule has 6 aromatic carbocycles. The number of thiophene rings is 1. The van der Waals surface area contributed by atoms with Crippen LogP contribution in [0.2, 0.25) is 0 Å². The number of pyridine rings is 2. The number of fused-ring (bicyclic) bond motifs is 4. The molecular formula is C50H34N2O2S.